The fraction of sp³-hybridized carbons (Fsp3) is 0. The number of rotatable bonds is 5. The van der Waals surface area contributed by atoms with Crippen molar-refractivity contribution in [1.82, 2.24) is 0 Å². The van der Waals surface area contributed by atoms with E-state index in [1.54, 1.807) is 0 Å². The maximum absolute atomic E-state index is 11.5. The van der Waals surface area contributed by atoms with E-state index in [0.717, 1.165) is 0 Å². The zero-order valence-electron chi connectivity index (χ0n) is 11.7. The number of nitro groups is 1. The molecule has 23 heavy (non-hydrogen) atoms. The fourth-order valence-corrected chi connectivity index (χ4v) is 2.02. The van der Waals surface area contributed by atoms with E-state index in [-0.39, 0.29) is 22.4 Å². The van der Waals surface area contributed by atoms with Crippen LogP contribution in [0.1, 0.15) is 21.5 Å². The Bertz CT molecular complexity index is 808. The van der Waals surface area contributed by atoms with E-state index in [2.05, 4.69) is 0 Å². The van der Waals surface area contributed by atoms with Gasteiger partial charge in [0.05, 0.1) is 16.1 Å². The Kier molecular flexibility index (Phi) is 4.51. The van der Waals surface area contributed by atoms with Crippen LogP contribution in [0.15, 0.2) is 48.5 Å². The van der Waals surface area contributed by atoms with Crippen LogP contribution in [0.2, 0.25) is 0 Å². The molecule has 0 fully saturated rings. The highest BCUT2D eigenvalue weighted by Gasteiger charge is 2.18. The van der Waals surface area contributed by atoms with Gasteiger partial charge in [-0.1, -0.05) is 18.2 Å². The van der Waals surface area contributed by atoms with Gasteiger partial charge in [-0.15, -0.1) is 0 Å². The average Bonchev–Trinajstić information content (AvgIpc) is 2.52. The molecule has 116 valence electrons. The largest absolute Gasteiger partial charge is 0.478 e. The second-order valence-electron chi connectivity index (χ2n) is 4.56. The Morgan fingerprint density at radius 3 is 2.00 bits per heavy atom. The van der Waals surface area contributed by atoms with E-state index >= 15 is 0 Å². The number of non-ortho nitro benzene ring substituents is 1. The second kappa shape index (κ2) is 6.52. The fourth-order valence-electron chi connectivity index (χ4n) is 2.02. The molecule has 0 aliphatic carbocycles. The number of aliphatic carboxylic acids is 1. The molecular formula is C16H11NO6. The predicted molar refractivity (Wildman–Crippen MR) is 82.0 cm³/mol. The van der Waals surface area contributed by atoms with E-state index in [0.29, 0.717) is 5.56 Å². The number of carboxylic acid groups (broad SMARTS) is 2. The summed E-state index contributed by atoms with van der Waals surface area (Å²) in [7, 11) is 0. The smallest absolute Gasteiger partial charge is 0.336 e. The number of benzene rings is 2. The Hall–Kier alpha value is -3.48. The Morgan fingerprint density at radius 1 is 0.957 bits per heavy atom. The van der Waals surface area contributed by atoms with Gasteiger partial charge in [-0.2, -0.15) is 0 Å². The first kappa shape index (κ1) is 15.9. The molecule has 0 saturated heterocycles. The van der Waals surface area contributed by atoms with Gasteiger partial charge in [0.15, 0.2) is 0 Å². The van der Waals surface area contributed by atoms with Gasteiger partial charge in [-0.05, 0) is 29.8 Å². The van der Waals surface area contributed by atoms with Crippen molar-refractivity contribution in [2.75, 3.05) is 0 Å². The summed E-state index contributed by atoms with van der Waals surface area (Å²) < 4.78 is 0. The van der Waals surface area contributed by atoms with Gasteiger partial charge >= 0.3 is 11.9 Å². The first-order valence-electron chi connectivity index (χ1n) is 6.42. The zero-order valence-corrected chi connectivity index (χ0v) is 11.7. The minimum Gasteiger partial charge on any atom is -0.478 e. The number of nitro benzene ring substituents is 1. The van der Waals surface area contributed by atoms with Gasteiger partial charge < -0.3 is 10.2 Å². The van der Waals surface area contributed by atoms with Crippen LogP contribution in [0.5, 0.6) is 0 Å². The van der Waals surface area contributed by atoms with Crippen molar-refractivity contribution < 1.29 is 24.7 Å². The highest BCUT2D eigenvalue weighted by Crippen LogP contribution is 2.23. The molecule has 0 spiro atoms. The molecule has 2 N–H and O–H groups in total. The SMILES string of the molecule is O=C(O)C(=Cc1ccc([N+](=O)[O-])cc1)c1ccccc1C(=O)O. The topological polar surface area (TPSA) is 118 Å². The van der Waals surface area contributed by atoms with E-state index in [1.165, 1.54) is 54.6 Å². The van der Waals surface area contributed by atoms with Crippen LogP contribution < -0.4 is 0 Å². The molecule has 7 heteroatoms. The van der Waals surface area contributed by atoms with Crippen LogP contribution in [0.25, 0.3) is 11.6 Å². The molecule has 0 aliphatic heterocycles. The number of carboxylic acids is 2. The van der Waals surface area contributed by atoms with Gasteiger partial charge in [0.2, 0.25) is 0 Å². The molecule has 0 aliphatic rings. The van der Waals surface area contributed by atoms with Crippen molar-refractivity contribution in [3.8, 4) is 0 Å². The molecule has 2 rings (SSSR count). The van der Waals surface area contributed by atoms with Gasteiger partial charge in [-0.3, -0.25) is 10.1 Å². The lowest BCUT2D eigenvalue weighted by molar-refractivity contribution is -0.384. The molecule has 0 heterocycles. The average molecular weight is 313 g/mol. The third-order valence-electron chi connectivity index (χ3n) is 3.09. The third kappa shape index (κ3) is 3.59. The second-order valence-corrected chi connectivity index (χ2v) is 4.56. The Balaban J connectivity index is 2.53. The van der Waals surface area contributed by atoms with Crippen molar-refractivity contribution in [2.24, 2.45) is 0 Å². The van der Waals surface area contributed by atoms with Crippen molar-refractivity contribution in [1.29, 1.82) is 0 Å². The summed E-state index contributed by atoms with van der Waals surface area (Å²) in [4.78, 5) is 32.8. The van der Waals surface area contributed by atoms with Gasteiger partial charge in [-0.25, -0.2) is 9.59 Å². The zero-order chi connectivity index (χ0) is 17.0. The quantitative estimate of drug-likeness (QED) is 0.379. The van der Waals surface area contributed by atoms with Crippen molar-refractivity contribution in [3.63, 3.8) is 0 Å². The Labute approximate surface area is 130 Å². The maximum Gasteiger partial charge on any atom is 0.336 e. The molecule has 7 nitrogen and oxygen atoms in total. The standard InChI is InChI=1S/C16H11NO6/c18-15(19)13-4-2-1-3-12(13)14(16(20)21)9-10-5-7-11(8-6-10)17(22)23/h1-9H,(H,18,19)(H,20,21). The van der Waals surface area contributed by atoms with Crippen molar-refractivity contribution in [2.45, 2.75) is 0 Å². The van der Waals surface area contributed by atoms with Crippen molar-refractivity contribution >= 4 is 29.3 Å². The lowest BCUT2D eigenvalue weighted by Crippen LogP contribution is -2.07. The van der Waals surface area contributed by atoms with Crippen LogP contribution in [-0.2, 0) is 4.79 Å². The number of nitrogens with zero attached hydrogens (tertiary/aromatic N) is 1. The summed E-state index contributed by atoms with van der Waals surface area (Å²) >= 11 is 0. The first-order chi connectivity index (χ1) is 10.9. The molecule has 2 aromatic rings. The molecule has 0 atom stereocenters. The van der Waals surface area contributed by atoms with Gasteiger partial charge in [0.1, 0.15) is 0 Å². The van der Waals surface area contributed by atoms with Crippen LogP contribution in [0, 0.1) is 10.1 Å². The summed E-state index contributed by atoms with van der Waals surface area (Å²) in [5.41, 5.74) is 0.00363. The van der Waals surface area contributed by atoms with Crippen LogP contribution in [0.3, 0.4) is 0 Å². The van der Waals surface area contributed by atoms with Crippen molar-refractivity contribution in [3.05, 3.63) is 75.3 Å². The van der Waals surface area contributed by atoms with Crippen LogP contribution in [-0.4, -0.2) is 27.1 Å². The monoisotopic (exact) mass is 313 g/mol. The predicted octanol–water partition coefficient (Wildman–Crippen LogP) is 2.92. The molecule has 2 aromatic carbocycles. The summed E-state index contributed by atoms with van der Waals surface area (Å²) in [6, 6.07) is 11.0. The van der Waals surface area contributed by atoms with E-state index in [1.807, 2.05) is 0 Å². The number of hydrogen-bond donors (Lipinski definition) is 2. The summed E-state index contributed by atoms with van der Waals surface area (Å²) in [5, 5.41) is 29.1. The summed E-state index contributed by atoms with van der Waals surface area (Å²) in [6.07, 6.45) is 1.27. The van der Waals surface area contributed by atoms with Crippen LogP contribution in [0.4, 0.5) is 5.69 Å². The molecule has 0 amide bonds. The third-order valence-corrected chi connectivity index (χ3v) is 3.09. The highest BCUT2D eigenvalue weighted by atomic mass is 16.6. The molecule has 0 unspecified atom stereocenters. The summed E-state index contributed by atoms with van der Waals surface area (Å²) in [5.74, 6) is -2.53. The Morgan fingerprint density at radius 2 is 1.52 bits per heavy atom. The normalized spacial score (nSPS) is 11.0. The molecule has 0 bridgehead atoms. The maximum atomic E-state index is 11.5. The minimum atomic E-state index is -1.29. The first-order valence-corrected chi connectivity index (χ1v) is 6.42. The number of aromatic carboxylic acids is 1. The van der Waals surface area contributed by atoms with E-state index < -0.39 is 16.9 Å². The molecule has 0 radical (unpaired) electrons. The molecular weight excluding hydrogens is 302 g/mol. The van der Waals surface area contributed by atoms with Gasteiger partial charge in [0, 0.05) is 17.7 Å². The summed E-state index contributed by atoms with van der Waals surface area (Å²) in [6.45, 7) is 0. The van der Waals surface area contributed by atoms with Crippen LogP contribution >= 0.6 is 0 Å². The molecule has 0 saturated carbocycles. The van der Waals surface area contributed by atoms with E-state index in [9.17, 15) is 24.8 Å². The minimum absolute atomic E-state index is 0.0610. The van der Waals surface area contributed by atoms with Gasteiger partial charge in [0.25, 0.3) is 5.69 Å². The number of carbonyl (C=O) groups is 2. The lowest BCUT2D eigenvalue weighted by atomic mass is 9.97. The lowest BCUT2D eigenvalue weighted by Gasteiger charge is -2.07. The highest BCUT2D eigenvalue weighted by molar-refractivity contribution is 6.22. The number of hydrogen-bond acceptors (Lipinski definition) is 4. The molecule has 0 aromatic heterocycles. The van der Waals surface area contributed by atoms with E-state index in [4.69, 9.17) is 5.11 Å².